The van der Waals surface area contributed by atoms with E-state index in [1.807, 2.05) is 12.1 Å². The molecule has 0 saturated carbocycles. The smallest absolute Gasteiger partial charge is 0.270 e. The number of amides is 1. The number of nitrogens with zero attached hydrogens (tertiary/aromatic N) is 1. The molecule has 6 heteroatoms. The van der Waals surface area contributed by atoms with E-state index in [0.717, 1.165) is 11.4 Å². The van der Waals surface area contributed by atoms with Gasteiger partial charge in [-0.1, -0.05) is 18.2 Å². The van der Waals surface area contributed by atoms with Crippen molar-refractivity contribution in [2.45, 2.75) is 13.1 Å². The summed E-state index contributed by atoms with van der Waals surface area (Å²) in [7, 11) is 0. The first-order valence-electron chi connectivity index (χ1n) is 7.46. The number of benzene rings is 1. The molecule has 3 aromatic rings. The number of aromatic nitrogens is 1. The minimum Gasteiger partial charge on any atom is -0.467 e. The Morgan fingerprint density at radius 1 is 1.12 bits per heavy atom. The molecule has 0 spiro atoms. The van der Waals surface area contributed by atoms with Gasteiger partial charge < -0.3 is 15.1 Å². The molecule has 2 aromatic heterocycles. The Morgan fingerprint density at radius 3 is 2.79 bits per heavy atom. The lowest BCUT2D eigenvalue weighted by Crippen LogP contribution is -2.24. The predicted octanol–water partition coefficient (Wildman–Crippen LogP) is 3.36. The highest BCUT2D eigenvalue weighted by molar-refractivity contribution is 5.93. The summed E-state index contributed by atoms with van der Waals surface area (Å²) >= 11 is 0. The molecular formula is C18H16FN3O2. The first kappa shape index (κ1) is 15.7. The fourth-order valence-electron chi connectivity index (χ4n) is 2.17. The predicted molar refractivity (Wildman–Crippen MR) is 87.8 cm³/mol. The highest BCUT2D eigenvalue weighted by Gasteiger charge is 2.09. The van der Waals surface area contributed by atoms with Gasteiger partial charge in [0.2, 0.25) is 0 Å². The van der Waals surface area contributed by atoms with Crippen molar-refractivity contribution in [2.75, 3.05) is 5.32 Å². The quantitative estimate of drug-likeness (QED) is 0.729. The molecule has 24 heavy (non-hydrogen) atoms. The van der Waals surface area contributed by atoms with E-state index >= 15 is 0 Å². The van der Waals surface area contributed by atoms with E-state index in [1.165, 1.54) is 6.07 Å². The standard InChI is InChI=1S/C18H16FN3O2/c19-16-6-2-1-4-13(16)11-22-18(23)17-10-14(7-8-20-17)21-12-15-5-3-9-24-15/h1-10H,11-12H2,(H,20,21)(H,22,23). The second-order valence-corrected chi connectivity index (χ2v) is 5.14. The molecule has 0 aliphatic rings. The van der Waals surface area contributed by atoms with Gasteiger partial charge in [0.1, 0.15) is 17.3 Å². The average Bonchev–Trinajstić information content (AvgIpc) is 3.13. The molecule has 2 heterocycles. The monoisotopic (exact) mass is 325 g/mol. The summed E-state index contributed by atoms with van der Waals surface area (Å²) in [5.74, 6) is 0.0805. The molecule has 0 radical (unpaired) electrons. The second-order valence-electron chi connectivity index (χ2n) is 5.14. The van der Waals surface area contributed by atoms with E-state index < -0.39 is 0 Å². The van der Waals surface area contributed by atoms with Crippen LogP contribution < -0.4 is 10.6 Å². The zero-order valence-corrected chi connectivity index (χ0v) is 12.8. The normalized spacial score (nSPS) is 10.4. The van der Waals surface area contributed by atoms with E-state index in [4.69, 9.17) is 4.42 Å². The topological polar surface area (TPSA) is 67.2 Å². The minimum absolute atomic E-state index is 0.108. The minimum atomic E-state index is -0.361. The fraction of sp³-hybridized carbons (Fsp3) is 0.111. The molecule has 0 unspecified atom stereocenters. The zero-order chi connectivity index (χ0) is 16.8. The third-order valence-electron chi connectivity index (χ3n) is 3.44. The summed E-state index contributed by atoms with van der Waals surface area (Å²) in [4.78, 5) is 16.2. The third-order valence-corrected chi connectivity index (χ3v) is 3.44. The van der Waals surface area contributed by atoms with Crippen LogP contribution in [0.5, 0.6) is 0 Å². The van der Waals surface area contributed by atoms with E-state index in [0.29, 0.717) is 12.1 Å². The molecule has 0 aliphatic heterocycles. The lowest BCUT2D eigenvalue weighted by atomic mass is 10.2. The van der Waals surface area contributed by atoms with Crippen LogP contribution in [0.15, 0.2) is 65.4 Å². The average molecular weight is 325 g/mol. The molecule has 2 N–H and O–H groups in total. The maximum Gasteiger partial charge on any atom is 0.270 e. The number of hydrogen-bond acceptors (Lipinski definition) is 4. The largest absolute Gasteiger partial charge is 0.467 e. The number of nitrogens with one attached hydrogen (secondary N) is 2. The number of halogens is 1. The van der Waals surface area contributed by atoms with Crippen molar-refractivity contribution in [2.24, 2.45) is 0 Å². The molecule has 1 amide bonds. The van der Waals surface area contributed by atoms with E-state index in [1.54, 1.807) is 42.8 Å². The Labute approximate surface area is 138 Å². The Hall–Kier alpha value is -3.15. The van der Waals surface area contributed by atoms with Gasteiger partial charge in [-0.05, 0) is 30.3 Å². The van der Waals surface area contributed by atoms with Crippen LogP contribution in [-0.2, 0) is 13.1 Å². The molecule has 0 aliphatic carbocycles. The van der Waals surface area contributed by atoms with Crippen molar-refractivity contribution in [1.82, 2.24) is 10.3 Å². The Bertz CT molecular complexity index is 819. The summed E-state index contributed by atoms with van der Waals surface area (Å²) in [5, 5.41) is 5.82. The van der Waals surface area contributed by atoms with Gasteiger partial charge in [-0.3, -0.25) is 9.78 Å². The summed E-state index contributed by atoms with van der Waals surface area (Å²) in [6.07, 6.45) is 3.15. The van der Waals surface area contributed by atoms with Gasteiger partial charge in [0.05, 0.1) is 12.8 Å². The Balaban J connectivity index is 1.60. The Kier molecular flexibility index (Phi) is 4.86. The van der Waals surface area contributed by atoms with Crippen molar-refractivity contribution in [3.63, 3.8) is 0 Å². The first-order chi connectivity index (χ1) is 11.7. The van der Waals surface area contributed by atoms with Gasteiger partial charge in [-0.25, -0.2) is 4.39 Å². The van der Waals surface area contributed by atoms with Gasteiger partial charge in [0, 0.05) is 24.0 Å². The maximum absolute atomic E-state index is 13.6. The molecule has 3 rings (SSSR count). The van der Waals surface area contributed by atoms with E-state index in [2.05, 4.69) is 15.6 Å². The lowest BCUT2D eigenvalue weighted by Gasteiger charge is -2.08. The number of furan rings is 1. The molecule has 0 atom stereocenters. The van der Waals surface area contributed by atoms with Crippen LogP contribution in [0.25, 0.3) is 0 Å². The van der Waals surface area contributed by atoms with Crippen molar-refractivity contribution < 1.29 is 13.6 Å². The van der Waals surface area contributed by atoms with Gasteiger partial charge in [-0.2, -0.15) is 0 Å². The van der Waals surface area contributed by atoms with E-state index in [9.17, 15) is 9.18 Å². The summed E-state index contributed by atoms with van der Waals surface area (Å²) < 4.78 is 18.8. The highest BCUT2D eigenvalue weighted by atomic mass is 19.1. The van der Waals surface area contributed by atoms with Crippen LogP contribution in [0.3, 0.4) is 0 Å². The lowest BCUT2D eigenvalue weighted by molar-refractivity contribution is 0.0945. The van der Waals surface area contributed by atoms with Crippen LogP contribution in [0, 0.1) is 5.82 Å². The summed E-state index contributed by atoms with van der Waals surface area (Å²) in [6, 6.07) is 13.4. The van der Waals surface area contributed by atoms with Gasteiger partial charge >= 0.3 is 0 Å². The van der Waals surface area contributed by atoms with Gasteiger partial charge in [0.15, 0.2) is 0 Å². The van der Waals surface area contributed by atoms with Crippen LogP contribution in [0.1, 0.15) is 21.8 Å². The molecule has 122 valence electrons. The Morgan fingerprint density at radius 2 is 2.00 bits per heavy atom. The van der Waals surface area contributed by atoms with Gasteiger partial charge in [-0.15, -0.1) is 0 Å². The number of anilines is 1. The van der Waals surface area contributed by atoms with Crippen LogP contribution in [0.2, 0.25) is 0 Å². The molecule has 1 aromatic carbocycles. The van der Waals surface area contributed by atoms with E-state index in [-0.39, 0.29) is 24.0 Å². The first-order valence-corrected chi connectivity index (χ1v) is 7.46. The molecule has 5 nitrogen and oxygen atoms in total. The molecule has 0 saturated heterocycles. The van der Waals surface area contributed by atoms with Crippen molar-refractivity contribution in [1.29, 1.82) is 0 Å². The van der Waals surface area contributed by atoms with Gasteiger partial charge in [0.25, 0.3) is 5.91 Å². The summed E-state index contributed by atoms with van der Waals surface area (Å²) in [5.41, 5.74) is 1.44. The number of carbonyl (C=O) groups is 1. The van der Waals surface area contributed by atoms with Crippen LogP contribution in [0.4, 0.5) is 10.1 Å². The second kappa shape index (κ2) is 7.41. The van der Waals surface area contributed by atoms with Crippen LogP contribution in [-0.4, -0.2) is 10.9 Å². The number of rotatable bonds is 6. The fourth-order valence-corrected chi connectivity index (χ4v) is 2.17. The van der Waals surface area contributed by atoms with Crippen LogP contribution >= 0.6 is 0 Å². The molecule has 0 fully saturated rings. The number of pyridine rings is 1. The van der Waals surface area contributed by atoms with Crippen molar-refractivity contribution >= 4 is 11.6 Å². The van der Waals surface area contributed by atoms with Crippen molar-refractivity contribution in [3.05, 3.63) is 83.8 Å². The highest BCUT2D eigenvalue weighted by Crippen LogP contribution is 2.11. The number of hydrogen-bond donors (Lipinski definition) is 2. The summed E-state index contributed by atoms with van der Waals surface area (Å²) in [6.45, 7) is 0.616. The third kappa shape index (κ3) is 3.98. The molecule has 0 bridgehead atoms. The maximum atomic E-state index is 13.6. The number of carbonyl (C=O) groups excluding carboxylic acids is 1. The van der Waals surface area contributed by atoms with Crippen molar-refractivity contribution in [3.8, 4) is 0 Å². The zero-order valence-electron chi connectivity index (χ0n) is 12.8. The molecular weight excluding hydrogens is 309 g/mol. The SMILES string of the molecule is O=C(NCc1ccccc1F)c1cc(NCc2ccco2)ccn1.